The van der Waals surface area contributed by atoms with Gasteiger partial charge in [-0.3, -0.25) is 0 Å². The number of halogens is 6. The van der Waals surface area contributed by atoms with E-state index >= 15 is 0 Å². The Balaban J connectivity index is 2.29. The molecule has 0 fully saturated rings. The molecule has 10 heteroatoms. The molecule has 3 aromatic rings. The normalized spacial score (nSPS) is 14.9. The lowest BCUT2D eigenvalue weighted by atomic mass is 9.78. The summed E-state index contributed by atoms with van der Waals surface area (Å²) in [5, 5.41) is 0. The summed E-state index contributed by atoms with van der Waals surface area (Å²) in [4.78, 5) is 0. The van der Waals surface area contributed by atoms with E-state index in [1.54, 1.807) is 51.1 Å². The molecule has 3 rings (SSSR count). The lowest BCUT2D eigenvalue weighted by Gasteiger charge is -2.38. The maximum absolute atomic E-state index is 14.7. The minimum Gasteiger partial charge on any atom is -0.428 e. The number of hydrogen-bond acceptors (Lipinski definition) is 2. The largest absolute Gasteiger partial charge is 0.461 e. The molecule has 0 spiro atoms. The first-order valence-corrected chi connectivity index (χ1v) is 12.0. The molecular weight excluding hydrogens is 504 g/mol. The molecule has 0 heterocycles. The van der Waals surface area contributed by atoms with Crippen molar-refractivity contribution in [2.24, 2.45) is 0 Å². The van der Waals surface area contributed by atoms with E-state index in [-0.39, 0.29) is 12.0 Å². The van der Waals surface area contributed by atoms with Crippen LogP contribution in [0.3, 0.4) is 0 Å². The van der Waals surface area contributed by atoms with Crippen LogP contribution in [0.2, 0.25) is 0 Å². The van der Waals surface area contributed by atoms with Crippen molar-refractivity contribution in [1.29, 1.82) is 0 Å². The summed E-state index contributed by atoms with van der Waals surface area (Å²) in [6.07, 6.45) is -9.00. The third kappa shape index (κ3) is 6.47. The Kier molecular flexibility index (Phi) is 8.20. The summed E-state index contributed by atoms with van der Waals surface area (Å²) in [6, 6.07) is 16.4. The van der Waals surface area contributed by atoms with Gasteiger partial charge in [0.1, 0.15) is 17.4 Å². The molecule has 3 nitrogen and oxygen atoms in total. The fourth-order valence-electron chi connectivity index (χ4n) is 3.54. The van der Waals surface area contributed by atoms with Crippen LogP contribution in [0.15, 0.2) is 72.8 Å². The van der Waals surface area contributed by atoms with Crippen LogP contribution in [-0.4, -0.2) is 21.5 Å². The topological polar surface area (TPSA) is 38.3 Å². The summed E-state index contributed by atoms with van der Waals surface area (Å²) < 4.78 is 101. The zero-order valence-electron chi connectivity index (χ0n) is 19.7. The van der Waals surface area contributed by atoms with Gasteiger partial charge in [0.25, 0.3) is 0 Å². The van der Waals surface area contributed by atoms with E-state index in [9.17, 15) is 30.6 Å². The minimum absolute atomic E-state index is 0.0232. The van der Waals surface area contributed by atoms with Gasteiger partial charge in [-0.25, -0.2) is 17.7 Å². The zero-order valence-corrected chi connectivity index (χ0v) is 20.5. The number of benzene rings is 3. The smallest absolute Gasteiger partial charge is 0.428 e. The minimum atomic E-state index is -4.87. The van der Waals surface area contributed by atoms with Crippen molar-refractivity contribution in [2.75, 3.05) is 0 Å². The van der Waals surface area contributed by atoms with Crippen LogP contribution in [-0.2, 0) is 22.9 Å². The van der Waals surface area contributed by atoms with Gasteiger partial charge in [-0.2, -0.15) is 17.6 Å². The van der Waals surface area contributed by atoms with Crippen molar-refractivity contribution < 1.29 is 35.3 Å². The molecule has 0 unspecified atom stereocenters. The lowest BCUT2D eigenvalue weighted by molar-refractivity contribution is -0.253. The first-order valence-electron chi connectivity index (χ1n) is 10.9. The molecule has 0 aromatic heterocycles. The van der Waals surface area contributed by atoms with E-state index in [2.05, 4.69) is 9.46 Å². The van der Waals surface area contributed by atoms with E-state index in [0.29, 0.717) is 17.2 Å². The SMILES string of the molecule is CC(C)(C)[S@@](=O)N[C@](Cc1ccccc1)(c1ccc(F)cc1)c1cc(F)cc(OC(F)(F)C(F)F)c1. The first kappa shape index (κ1) is 27.7. The molecule has 0 radical (unpaired) electrons. The Hall–Kier alpha value is -2.85. The Labute approximate surface area is 208 Å². The van der Waals surface area contributed by atoms with E-state index in [4.69, 9.17) is 0 Å². The predicted molar refractivity (Wildman–Crippen MR) is 126 cm³/mol. The fraction of sp³-hybridized carbons (Fsp3) is 0.308. The van der Waals surface area contributed by atoms with Gasteiger partial charge in [0.05, 0.1) is 21.3 Å². The molecule has 0 aliphatic heterocycles. The second-order valence-corrected chi connectivity index (χ2v) is 11.2. The van der Waals surface area contributed by atoms with Crippen LogP contribution in [0.5, 0.6) is 5.75 Å². The molecule has 0 bridgehead atoms. The average molecular weight is 530 g/mol. The number of nitrogens with one attached hydrogen (secondary N) is 1. The number of hydrogen-bond donors (Lipinski definition) is 1. The van der Waals surface area contributed by atoms with Crippen molar-refractivity contribution in [3.8, 4) is 5.75 Å². The van der Waals surface area contributed by atoms with Gasteiger partial charge >= 0.3 is 12.5 Å². The summed E-state index contributed by atoms with van der Waals surface area (Å²) in [5.41, 5.74) is -0.573. The molecular formula is C26H25F6NO2S. The molecule has 194 valence electrons. The quantitative estimate of drug-likeness (QED) is 0.312. The molecule has 3 aromatic carbocycles. The molecule has 1 N–H and O–H groups in total. The lowest BCUT2D eigenvalue weighted by Crippen LogP contribution is -2.50. The van der Waals surface area contributed by atoms with Crippen molar-refractivity contribution in [2.45, 2.75) is 50.0 Å². The Morgan fingerprint density at radius 1 is 0.861 bits per heavy atom. The molecule has 0 saturated heterocycles. The van der Waals surface area contributed by atoms with E-state index < -0.39 is 51.2 Å². The standard InChI is InChI=1S/C26H25F6NO2S/c1-24(2,3)36(34)33-25(16-17-7-5-4-6-8-17,18-9-11-20(27)12-10-18)19-13-21(28)15-22(14-19)35-26(31,32)23(29)30/h4-15,23,33H,16H2,1-3H3/t25-,36-/m1/s1. The number of rotatable bonds is 9. The zero-order chi connectivity index (χ0) is 26.7. The van der Waals surface area contributed by atoms with Crippen LogP contribution in [0.25, 0.3) is 0 Å². The van der Waals surface area contributed by atoms with Crippen molar-refractivity contribution in [3.63, 3.8) is 0 Å². The monoisotopic (exact) mass is 529 g/mol. The van der Waals surface area contributed by atoms with E-state index in [1.807, 2.05) is 0 Å². The number of alkyl halides is 4. The van der Waals surface area contributed by atoms with E-state index in [1.165, 1.54) is 12.1 Å². The molecule has 0 saturated carbocycles. The Bertz CT molecular complexity index is 1200. The van der Waals surface area contributed by atoms with E-state index in [0.717, 1.165) is 24.3 Å². The van der Waals surface area contributed by atoms with Gasteiger partial charge in [-0.05, 0) is 68.1 Å². The second kappa shape index (κ2) is 10.6. The van der Waals surface area contributed by atoms with Crippen molar-refractivity contribution in [1.82, 2.24) is 4.72 Å². The van der Waals surface area contributed by atoms with Gasteiger partial charge in [-0.15, -0.1) is 0 Å². The van der Waals surface area contributed by atoms with Crippen molar-refractivity contribution >= 4 is 11.0 Å². The van der Waals surface area contributed by atoms with Crippen LogP contribution < -0.4 is 9.46 Å². The second-order valence-electron chi connectivity index (χ2n) is 9.20. The molecule has 0 aliphatic carbocycles. The highest BCUT2D eigenvalue weighted by Crippen LogP contribution is 2.38. The molecule has 2 atom stereocenters. The summed E-state index contributed by atoms with van der Waals surface area (Å²) in [6.45, 7) is 5.08. The summed E-state index contributed by atoms with van der Waals surface area (Å²) in [5.74, 6) is -2.46. The Morgan fingerprint density at radius 3 is 2.03 bits per heavy atom. The number of ether oxygens (including phenoxy) is 1. The first-order chi connectivity index (χ1) is 16.7. The van der Waals surface area contributed by atoms with Gasteiger partial charge in [-0.1, -0.05) is 42.5 Å². The molecule has 0 amide bonds. The maximum Gasteiger partial charge on any atom is 0.461 e. The van der Waals surface area contributed by atoms with Gasteiger partial charge < -0.3 is 4.74 Å². The van der Waals surface area contributed by atoms with Crippen LogP contribution in [0.1, 0.15) is 37.5 Å². The maximum atomic E-state index is 14.7. The third-order valence-corrected chi connectivity index (χ3v) is 6.99. The Morgan fingerprint density at radius 2 is 1.47 bits per heavy atom. The highest BCUT2D eigenvalue weighted by molar-refractivity contribution is 7.84. The van der Waals surface area contributed by atoms with Crippen LogP contribution >= 0.6 is 0 Å². The fourth-order valence-corrected chi connectivity index (χ4v) is 4.47. The van der Waals surface area contributed by atoms with Crippen LogP contribution in [0, 0.1) is 11.6 Å². The highest BCUT2D eigenvalue weighted by atomic mass is 32.2. The summed E-state index contributed by atoms with van der Waals surface area (Å²) in [7, 11) is -1.80. The highest BCUT2D eigenvalue weighted by Gasteiger charge is 2.45. The summed E-state index contributed by atoms with van der Waals surface area (Å²) >= 11 is 0. The van der Waals surface area contributed by atoms with Gasteiger partial charge in [0, 0.05) is 6.07 Å². The van der Waals surface area contributed by atoms with Gasteiger partial charge in [0.2, 0.25) is 0 Å². The third-order valence-electron chi connectivity index (χ3n) is 5.34. The average Bonchev–Trinajstić information content (AvgIpc) is 2.78. The predicted octanol–water partition coefficient (Wildman–Crippen LogP) is 6.74. The molecule has 36 heavy (non-hydrogen) atoms. The molecule has 0 aliphatic rings. The van der Waals surface area contributed by atoms with Gasteiger partial charge in [0.15, 0.2) is 0 Å². The van der Waals surface area contributed by atoms with Crippen LogP contribution in [0.4, 0.5) is 26.3 Å². The van der Waals surface area contributed by atoms with Crippen molar-refractivity contribution in [3.05, 3.63) is 101 Å².